The van der Waals surface area contributed by atoms with E-state index in [2.05, 4.69) is 4.98 Å². The van der Waals surface area contributed by atoms with Gasteiger partial charge in [0, 0.05) is 11.8 Å². The first-order chi connectivity index (χ1) is 5.52. The molecule has 0 aliphatic carbocycles. The fourth-order valence-electron chi connectivity index (χ4n) is 0.903. The van der Waals surface area contributed by atoms with E-state index in [1.165, 1.54) is 6.92 Å². The van der Waals surface area contributed by atoms with Crippen molar-refractivity contribution in [1.82, 2.24) is 4.98 Å². The Morgan fingerprint density at radius 3 is 2.58 bits per heavy atom. The molecule has 1 aromatic heterocycles. The minimum atomic E-state index is -0.602. The smallest absolute Gasteiger partial charge is 0.254 e. The van der Waals surface area contributed by atoms with Crippen molar-refractivity contribution >= 4 is 5.71 Å². The molecule has 5 heteroatoms. The van der Waals surface area contributed by atoms with Crippen molar-refractivity contribution in [3.05, 3.63) is 22.0 Å². The zero-order valence-electron chi connectivity index (χ0n) is 6.38. The lowest BCUT2D eigenvalue weighted by atomic mass is 10.2. The molecule has 0 aliphatic rings. The van der Waals surface area contributed by atoms with Gasteiger partial charge in [0.25, 0.3) is 5.56 Å². The Labute approximate surface area is 67.8 Å². The van der Waals surface area contributed by atoms with Crippen LogP contribution in [0.2, 0.25) is 0 Å². The van der Waals surface area contributed by atoms with E-state index < -0.39 is 11.4 Å². The molecule has 1 aromatic rings. The molecular weight excluding hydrogens is 160 g/mol. The molecule has 0 bridgehead atoms. The van der Waals surface area contributed by atoms with Gasteiger partial charge in [-0.1, -0.05) is 0 Å². The van der Waals surface area contributed by atoms with Crippen molar-refractivity contribution in [3.63, 3.8) is 0 Å². The first kappa shape index (κ1) is 8.32. The number of aromatic hydroxyl groups is 2. The van der Waals surface area contributed by atoms with Crippen molar-refractivity contribution in [2.24, 2.45) is 0 Å². The second-order valence-corrected chi connectivity index (χ2v) is 2.37. The molecule has 12 heavy (non-hydrogen) atoms. The third kappa shape index (κ3) is 1.29. The monoisotopic (exact) mass is 168 g/mol. The minimum absolute atomic E-state index is 0.0127. The molecule has 0 fully saturated rings. The van der Waals surface area contributed by atoms with Crippen molar-refractivity contribution in [2.75, 3.05) is 0 Å². The number of hydrogen-bond donors (Lipinski definition) is 4. The van der Waals surface area contributed by atoms with Gasteiger partial charge in [-0.15, -0.1) is 0 Å². The predicted octanol–water partition coefficient (Wildman–Crippen LogP) is 0.174. The van der Waals surface area contributed by atoms with Crippen molar-refractivity contribution in [2.45, 2.75) is 6.92 Å². The number of rotatable bonds is 1. The topological polar surface area (TPSA) is 97.2 Å². The largest absolute Gasteiger partial charge is 0.507 e. The van der Waals surface area contributed by atoms with Crippen LogP contribution in [0.5, 0.6) is 11.6 Å². The molecule has 5 nitrogen and oxygen atoms in total. The number of nitrogens with one attached hydrogen (secondary N) is 2. The Morgan fingerprint density at radius 1 is 1.58 bits per heavy atom. The standard InChI is InChI=1S/C7H8N2O3/c1-3(8)6-4(10)2-5(11)9-7(6)12/h2,8H,1H3,(H3,9,10,11,12). The third-order valence-corrected chi connectivity index (χ3v) is 1.38. The molecule has 0 radical (unpaired) electrons. The van der Waals surface area contributed by atoms with Crippen LogP contribution in [0.3, 0.4) is 0 Å². The van der Waals surface area contributed by atoms with Crippen LogP contribution in [0.4, 0.5) is 0 Å². The molecule has 0 amide bonds. The van der Waals surface area contributed by atoms with Crippen LogP contribution in [0.15, 0.2) is 10.9 Å². The minimum Gasteiger partial charge on any atom is -0.507 e. The fraction of sp³-hybridized carbons (Fsp3) is 0.143. The highest BCUT2D eigenvalue weighted by Crippen LogP contribution is 2.21. The molecule has 0 saturated heterocycles. The summed E-state index contributed by atoms with van der Waals surface area (Å²) in [5, 5.41) is 25.4. The summed E-state index contributed by atoms with van der Waals surface area (Å²) < 4.78 is 0. The quantitative estimate of drug-likeness (QED) is 0.450. The highest BCUT2D eigenvalue weighted by molar-refractivity contribution is 6.00. The summed E-state index contributed by atoms with van der Waals surface area (Å²) in [5.41, 5.74) is -0.661. The van der Waals surface area contributed by atoms with E-state index in [0.717, 1.165) is 6.07 Å². The van der Waals surface area contributed by atoms with E-state index >= 15 is 0 Å². The van der Waals surface area contributed by atoms with Crippen molar-refractivity contribution < 1.29 is 10.2 Å². The lowest BCUT2D eigenvalue weighted by Crippen LogP contribution is -2.07. The first-order valence-electron chi connectivity index (χ1n) is 3.23. The maximum atomic E-state index is 10.6. The summed E-state index contributed by atoms with van der Waals surface area (Å²) >= 11 is 0. The predicted molar refractivity (Wildman–Crippen MR) is 42.9 cm³/mol. The third-order valence-electron chi connectivity index (χ3n) is 1.38. The summed E-state index contributed by atoms with van der Waals surface area (Å²) in [6.07, 6.45) is 0. The van der Waals surface area contributed by atoms with Crippen LogP contribution >= 0.6 is 0 Å². The van der Waals surface area contributed by atoms with E-state index in [4.69, 9.17) is 15.6 Å². The number of H-pyrrole nitrogens is 1. The molecule has 0 unspecified atom stereocenters. The molecular formula is C7H8N2O3. The summed E-state index contributed by atoms with van der Waals surface area (Å²) in [4.78, 5) is 12.7. The fourth-order valence-corrected chi connectivity index (χ4v) is 0.903. The van der Waals surface area contributed by atoms with Crippen LogP contribution in [-0.4, -0.2) is 20.9 Å². The van der Waals surface area contributed by atoms with Crippen LogP contribution < -0.4 is 5.56 Å². The van der Waals surface area contributed by atoms with E-state index in [-0.39, 0.29) is 17.0 Å². The zero-order chi connectivity index (χ0) is 9.30. The van der Waals surface area contributed by atoms with Crippen molar-refractivity contribution in [1.29, 1.82) is 5.41 Å². The Kier molecular flexibility index (Phi) is 1.86. The molecule has 0 aromatic carbocycles. The Hall–Kier alpha value is -1.78. The molecule has 1 heterocycles. The molecule has 4 N–H and O–H groups in total. The lowest BCUT2D eigenvalue weighted by molar-refractivity contribution is 0.431. The maximum Gasteiger partial charge on any atom is 0.254 e. The maximum absolute atomic E-state index is 10.6. The molecule has 64 valence electrons. The van der Waals surface area contributed by atoms with Crippen LogP contribution in [0.25, 0.3) is 0 Å². The van der Waals surface area contributed by atoms with E-state index in [0.29, 0.717) is 0 Å². The van der Waals surface area contributed by atoms with Gasteiger partial charge in [0.2, 0.25) is 5.88 Å². The van der Waals surface area contributed by atoms with Crippen LogP contribution in [-0.2, 0) is 0 Å². The summed E-state index contributed by atoms with van der Waals surface area (Å²) in [6.45, 7) is 1.40. The van der Waals surface area contributed by atoms with Gasteiger partial charge < -0.3 is 15.6 Å². The molecule has 0 aliphatic heterocycles. The first-order valence-corrected chi connectivity index (χ1v) is 3.23. The van der Waals surface area contributed by atoms with Gasteiger partial charge in [0.05, 0.1) is 5.56 Å². The second kappa shape index (κ2) is 2.69. The SMILES string of the molecule is CC(=N)c1c(O)cc(=O)[nH]c1O. The normalized spacial score (nSPS) is 9.75. The van der Waals surface area contributed by atoms with E-state index in [9.17, 15) is 4.79 Å². The molecule has 0 saturated carbocycles. The Bertz CT molecular complexity index is 354. The number of pyridine rings is 1. The Balaban J connectivity index is 3.48. The average Bonchev–Trinajstić information content (AvgIpc) is 1.82. The van der Waals surface area contributed by atoms with Gasteiger partial charge in [-0.2, -0.15) is 0 Å². The van der Waals surface area contributed by atoms with Gasteiger partial charge in [-0.25, -0.2) is 0 Å². The second-order valence-electron chi connectivity index (χ2n) is 2.37. The lowest BCUT2D eigenvalue weighted by Gasteiger charge is -2.02. The zero-order valence-corrected chi connectivity index (χ0v) is 6.38. The summed E-state index contributed by atoms with van der Waals surface area (Å²) in [7, 11) is 0. The average molecular weight is 168 g/mol. The van der Waals surface area contributed by atoms with Gasteiger partial charge in [-0.3, -0.25) is 9.78 Å². The number of hydrogen-bond acceptors (Lipinski definition) is 4. The summed E-state index contributed by atoms with van der Waals surface area (Å²) in [5.74, 6) is -0.865. The van der Waals surface area contributed by atoms with Crippen LogP contribution in [0.1, 0.15) is 12.5 Å². The van der Waals surface area contributed by atoms with Gasteiger partial charge in [0.1, 0.15) is 5.75 Å². The van der Waals surface area contributed by atoms with Gasteiger partial charge in [-0.05, 0) is 6.92 Å². The molecule has 0 atom stereocenters. The van der Waals surface area contributed by atoms with Crippen molar-refractivity contribution in [3.8, 4) is 11.6 Å². The highest BCUT2D eigenvalue weighted by atomic mass is 16.3. The van der Waals surface area contributed by atoms with Crippen LogP contribution in [0, 0.1) is 5.41 Å². The van der Waals surface area contributed by atoms with E-state index in [1.54, 1.807) is 0 Å². The molecule has 1 rings (SSSR count). The van der Waals surface area contributed by atoms with Gasteiger partial charge >= 0.3 is 0 Å². The Morgan fingerprint density at radius 2 is 2.17 bits per heavy atom. The number of aromatic nitrogens is 1. The highest BCUT2D eigenvalue weighted by Gasteiger charge is 2.10. The molecule has 0 spiro atoms. The van der Waals surface area contributed by atoms with E-state index in [1.807, 2.05) is 0 Å². The summed E-state index contributed by atoms with van der Waals surface area (Å²) in [6, 6.07) is 0.910. The number of aromatic amines is 1. The van der Waals surface area contributed by atoms with Gasteiger partial charge in [0.15, 0.2) is 0 Å².